The van der Waals surface area contributed by atoms with Crippen molar-refractivity contribution in [2.75, 3.05) is 48.3 Å². The van der Waals surface area contributed by atoms with Crippen LogP contribution in [-0.4, -0.2) is 86.8 Å². The Kier molecular flexibility index (Phi) is 7.06. The Morgan fingerprint density at radius 2 is 1.47 bits per heavy atom. The van der Waals surface area contributed by atoms with E-state index in [9.17, 15) is 14.4 Å². The van der Waals surface area contributed by atoms with Gasteiger partial charge in [0.05, 0.1) is 13.1 Å². The maximum absolute atomic E-state index is 11.7. The highest BCUT2D eigenvalue weighted by Gasteiger charge is 2.18. The fraction of sp³-hybridized carbons (Fsp3) is 0.750. The number of carbonyl (C=O) groups excluding carboxylic acids is 3. The highest BCUT2D eigenvalue weighted by atomic mass is 16.2. The molecule has 1 unspecified atom stereocenters. The summed E-state index contributed by atoms with van der Waals surface area (Å²) in [6, 6.07) is -0.569. The second kappa shape index (κ2) is 7.73. The van der Waals surface area contributed by atoms with E-state index in [0.29, 0.717) is 0 Å². The molecule has 0 spiro atoms. The topological polar surface area (TPSA) is 73.0 Å². The van der Waals surface area contributed by atoms with Crippen molar-refractivity contribution in [3.8, 4) is 0 Å². The average Bonchev–Trinajstić information content (AvgIpc) is 2.26. The molecule has 7 nitrogen and oxygen atoms in total. The minimum Gasteiger partial charge on any atom is -0.348 e. The lowest BCUT2D eigenvalue weighted by Crippen LogP contribution is -2.48. The molecule has 0 fully saturated rings. The highest BCUT2D eigenvalue weighted by Crippen LogP contribution is 1.91. The first-order valence-electron chi connectivity index (χ1n) is 6.04. The molecule has 19 heavy (non-hydrogen) atoms. The molecule has 0 aromatic carbocycles. The lowest BCUT2D eigenvalue weighted by molar-refractivity contribution is -0.135. The summed E-state index contributed by atoms with van der Waals surface area (Å²) in [5, 5.41) is 2.60. The van der Waals surface area contributed by atoms with Gasteiger partial charge in [0.15, 0.2) is 0 Å². The first-order valence-corrected chi connectivity index (χ1v) is 6.04. The number of amides is 3. The minimum absolute atomic E-state index is 0.0740. The molecular weight excluding hydrogens is 248 g/mol. The summed E-state index contributed by atoms with van der Waals surface area (Å²) in [7, 11) is 8.27. The lowest BCUT2D eigenvalue weighted by atomic mass is 10.3. The van der Waals surface area contributed by atoms with Gasteiger partial charge >= 0.3 is 0 Å². The van der Waals surface area contributed by atoms with E-state index in [0.717, 1.165) is 0 Å². The average molecular weight is 272 g/mol. The number of rotatable bonds is 6. The normalized spacial score (nSPS) is 11.9. The molecule has 0 aromatic heterocycles. The van der Waals surface area contributed by atoms with Crippen LogP contribution in [0.3, 0.4) is 0 Å². The summed E-state index contributed by atoms with van der Waals surface area (Å²) in [5.74, 6) is -0.523. The van der Waals surface area contributed by atoms with Crippen molar-refractivity contribution in [1.82, 2.24) is 20.0 Å². The molecule has 0 rings (SSSR count). The van der Waals surface area contributed by atoms with Crippen molar-refractivity contribution < 1.29 is 14.4 Å². The fourth-order valence-electron chi connectivity index (χ4n) is 1.41. The van der Waals surface area contributed by atoms with Crippen LogP contribution in [0.2, 0.25) is 0 Å². The number of likely N-dealkylation sites (N-methyl/N-ethyl adjacent to an activating group) is 3. The standard InChI is InChI=1S/C12H24N4O3/c1-9(12(19)15(4)5)13-10(17)7-16(6)8-11(18)14(2)3/h9H,7-8H2,1-6H3,(H,13,17). The van der Waals surface area contributed by atoms with Crippen LogP contribution in [0.25, 0.3) is 0 Å². The van der Waals surface area contributed by atoms with Gasteiger partial charge in [-0.3, -0.25) is 19.3 Å². The molecule has 0 aliphatic carbocycles. The molecule has 110 valence electrons. The van der Waals surface area contributed by atoms with Gasteiger partial charge in [0, 0.05) is 28.2 Å². The summed E-state index contributed by atoms with van der Waals surface area (Å²) in [6.45, 7) is 1.87. The zero-order chi connectivity index (χ0) is 15.2. The Balaban J connectivity index is 4.17. The van der Waals surface area contributed by atoms with Gasteiger partial charge in [-0.1, -0.05) is 0 Å². The first kappa shape index (κ1) is 17.4. The summed E-state index contributed by atoms with van der Waals surface area (Å²) >= 11 is 0. The Bertz CT molecular complexity index is 342. The van der Waals surface area contributed by atoms with Crippen LogP contribution in [0.1, 0.15) is 6.92 Å². The third-order valence-electron chi connectivity index (χ3n) is 2.51. The van der Waals surface area contributed by atoms with Crippen molar-refractivity contribution in [3.63, 3.8) is 0 Å². The van der Waals surface area contributed by atoms with Gasteiger partial charge in [-0.15, -0.1) is 0 Å². The van der Waals surface area contributed by atoms with Gasteiger partial charge in [0.2, 0.25) is 17.7 Å². The number of carbonyl (C=O) groups is 3. The Hall–Kier alpha value is -1.63. The SMILES string of the molecule is CC(NC(=O)CN(C)CC(=O)N(C)C)C(=O)N(C)C. The Morgan fingerprint density at radius 3 is 1.89 bits per heavy atom. The molecule has 0 saturated carbocycles. The largest absolute Gasteiger partial charge is 0.348 e. The zero-order valence-electron chi connectivity index (χ0n) is 12.6. The summed E-state index contributed by atoms with van der Waals surface area (Å²) < 4.78 is 0. The van der Waals surface area contributed by atoms with E-state index < -0.39 is 6.04 Å². The van der Waals surface area contributed by atoms with Crippen LogP contribution in [0.15, 0.2) is 0 Å². The molecule has 0 bridgehead atoms. The van der Waals surface area contributed by atoms with E-state index in [4.69, 9.17) is 0 Å². The van der Waals surface area contributed by atoms with E-state index in [1.165, 1.54) is 9.80 Å². The molecule has 3 amide bonds. The second-order valence-electron chi connectivity index (χ2n) is 4.98. The summed E-state index contributed by atoms with van der Waals surface area (Å²) in [4.78, 5) is 39.2. The second-order valence-corrected chi connectivity index (χ2v) is 4.98. The molecular formula is C12H24N4O3. The highest BCUT2D eigenvalue weighted by molar-refractivity contribution is 5.88. The van der Waals surface area contributed by atoms with E-state index in [-0.39, 0.29) is 30.8 Å². The lowest BCUT2D eigenvalue weighted by Gasteiger charge is -2.21. The van der Waals surface area contributed by atoms with Crippen LogP contribution in [-0.2, 0) is 14.4 Å². The molecule has 0 aliphatic rings. The predicted molar refractivity (Wildman–Crippen MR) is 72.5 cm³/mol. The smallest absolute Gasteiger partial charge is 0.244 e. The number of nitrogens with one attached hydrogen (secondary N) is 1. The van der Waals surface area contributed by atoms with Gasteiger partial charge < -0.3 is 15.1 Å². The van der Waals surface area contributed by atoms with E-state index in [1.807, 2.05) is 0 Å². The molecule has 0 heterocycles. The Labute approximate surface area is 114 Å². The maximum atomic E-state index is 11.7. The van der Waals surface area contributed by atoms with Gasteiger partial charge in [0.25, 0.3) is 0 Å². The maximum Gasteiger partial charge on any atom is 0.244 e. The van der Waals surface area contributed by atoms with Crippen LogP contribution < -0.4 is 5.32 Å². The molecule has 1 N–H and O–H groups in total. The van der Waals surface area contributed by atoms with Gasteiger partial charge in [-0.05, 0) is 14.0 Å². The van der Waals surface area contributed by atoms with Gasteiger partial charge in [0.1, 0.15) is 6.04 Å². The van der Waals surface area contributed by atoms with Gasteiger partial charge in [-0.2, -0.15) is 0 Å². The molecule has 7 heteroatoms. The minimum atomic E-state index is -0.569. The van der Waals surface area contributed by atoms with Crippen LogP contribution >= 0.6 is 0 Å². The van der Waals surface area contributed by atoms with Gasteiger partial charge in [-0.25, -0.2) is 0 Å². The third-order valence-corrected chi connectivity index (χ3v) is 2.51. The molecule has 0 aromatic rings. The van der Waals surface area contributed by atoms with Crippen LogP contribution in [0, 0.1) is 0 Å². The van der Waals surface area contributed by atoms with Crippen molar-refractivity contribution >= 4 is 17.7 Å². The predicted octanol–water partition coefficient (Wildman–Crippen LogP) is -1.40. The quantitative estimate of drug-likeness (QED) is 0.645. The van der Waals surface area contributed by atoms with Crippen molar-refractivity contribution in [2.24, 2.45) is 0 Å². The summed E-state index contributed by atoms with van der Waals surface area (Å²) in [6.07, 6.45) is 0. The van der Waals surface area contributed by atoms with Crippen LogP contribution in [0.4, 0.5) is 0 Å². The Morgan fingerprint density at radius 1 is 0.947 bits per heavy atom. The van der Waals surface area contributed by atoms with E-state index >= 15 is 0 Å². The molecule has 0 saturated heterocycles. The fourth-order valence-corrected chi connectivity index (χ4v) is 1.41. The van der Waals surface area contributed by atoms with Crippen molar-refractivity contribution in [2.45, 2.75) is 13.0 Å². The van der Waals surface area contributed by atoms with Crippen molar-refractivity contribution in [1.29, 1.82) is 0 Å². The zero-order valence-corrected chi connectivity index (χ0v) is 12.6. The van der Waals surface area contributed by atoms with E-state index in [1.54, 1.807) is 47.1 Å². The molecule has 0 radical (unpaired) electrons. The number of hydrogen-bond donors (Lipinski definition) is 1. The summed E-state index contributed by atoms with van der Waals surface area (Å²) in [5.41, 5.74) is 0. The van der Waals surface area contributed by atoms with Crippen molar-refractivity contribution in [3.05, 3.63) is 0 Å². The molecule has 0 aliphatic heterocycles. The van der Waals surface area contributed by atoms with Crippen LogP contribution in [0.5, 0.6) is 0 Å². The molecule has 1 atom stereocenters. The van der Waals surface area contributed by atoms with E-state index in [2.05, 4.69) is 5.32 Å². The third kappa shape index (κ3) is 6.76. The monoisotopic (exact) mass is 272 g/mol. The number of nitrogens with zero attached hydrogens (tertiary/aromatic N) is 3. The first-order chi connectivity index (χ1) is 8.65. The number of hydrogen-bond acceptors (Lipinski definition) is 4.